The predicted molar refractivity (Wildman–Crippen MR) is 56.6 cm³/mol. The number of rotatable bonds is 0. The molecule has 0 bridgehead atoms. The number of hydrogen-bond acceptors (Lipinski definition) is 7. The maximum absolute atomic E-state index is 9.79. The molecule has 78 valence electrons. The Kier molecular flexibility index (Phi) is 2.97. The van der Waals surface area contributed by atoms with Gasteiger partial charge in [0.25, 0.3) is 0 Å². The van der Waals surface area contributed by atoms with Crippen LogP contribution in [-0.2, 0) is 0 Å². The van der Waals surface area contributed by atoms with Gasteiger partial charge in [-0.3, -0.25) is 9.59 Å². The standard InChI is InChI=1S/C4H7N5.C4H2O2/c5-2-1-8-4(7)9-3(2)6;5-3-1-2-4(3)6/h1H,5H2,(H4,6,7,8,9);1-2H. The van der Waals surface area contributed by atoms with Crippen LogP contribution < -0.4 is 28.1 Å². The van der Waals surface area contributed by atoms with Gasteiger partial charge in [0.05, 0.1) is 11.9 Å². The van der Waals surface area contributed by atoms with Crippen molar-refractivity contribution in [3.63, 3.8) is 0 Å². The monoisotopic (exact) mass is 207 g/mol. The quantitative estimate of drug-likeness (QED) is 0.447. The topological polar surface area (TPSA) is 138 Å². The molecule has 0 unspecified atom stereocenters. The molecule has 1 heterocycles. The summed E-state index contributed by atoms with van der Waals surface area (Å²) in [5, 5.41) is 0. The van der Waals surface area contributed by atoms with Gasteiger partial charge >= 0.3 is 0 Å². The highest BCUT2D eigenvalue weighted by Gasteiger charge is 1.94. The van der Waals surface area contributed by atoms with E-state index < -0.39 is 0 Å². The zero-order chi connectivity index (χ0) is 11.4. The van der Waals surface area contributed by atoms with Gasteiger partial charge in [-0.25, -0.2) is 4.98 Å². The van der Waals surface area contributed by atoms with Crippen LogP contribution in [0.3, 0.4) is 0 Å². The van der Waals surface area contributed by atoms with E-state index in [9.17, 15) is 9.59 Å². The highest BCUT2D eigenvalue weighted by Crippen LogP contribution is 2.08. The van der Waals surface area contributed by atoms with Gasteiger partial charge in [0.15, 0.2) is 5.82 Å². The Balaban J connectivity index is 0.000000162. The number of nitrogens with zero attached hydrogens (tertiary/aromatic N) is 2. The van der Waals surface area contributed by atoms with Gasteiger partial charge < -0.3 is 17.2 Å². The molecule has 0 fully saturated rings. The molecule has 0 spiro atoms. The van der Waals surface area contributed by atoms with Crippen LogP contribution in [0.1, 0.15) is 0 Å². The van der Waals surface area contributed by atoms with E-state index in [1.54, 1.807) is 0 Å². The van der Waals surface area contributed by atoms with E-state index in [0.717, 1.165) is 0 Å². The van der Waals surface area contributed by atoms with Gasteiger partial charge in [-0.05, 0) is 12.1 Å². The fourth-order valence-electron chi connectivity index (χ4n) is 0.638. The number of aromatic nitrogens is 2. The molecule has 7 heteroatoms. The summed E-state index contributed by atoms with van der Waals surface area (Å²) in [6.07, 6.45) is 1.37. The molecule has 1 aromatic heterocycles. The molecule has 6 N–H and O–H groups in total. The van der Waals surface area contributed by atoms with Crippen molar-refractivity contribution in [2.45, 2.75) is 0 Å². The summed E-state index contributed by atoms with van der Waals surface area (Å²) < 4.78 is 0. The molecule has 0 aliphatic rings. The Morgan fingerprint density at radius 2 is 1.53 bits per heavy atom. The molecule has 0 radical (unpaired) electrons. The van der Waals surface area contributed by atoms with Crippen molar-refractivity contribution in [1.29, 1.82) is 0 Å². The van der Waals surface area contributed by atoms with E-state index in [4.69, 9.17) is 17.2 Å². The molecule has 7 nitrogen and oxygen atoms in total. The molecular weight excluding hydrogens is 198 g/mol. The van der Waals surface area contributed by atoms with Crippen LogP contribution in [0.4, 0.5) is 17.5 Å². The van der Waals surface area contributed by atoms with Crippen molar-refractivity contribution in [1.82, 2.24) is 9.97 Å². The number of anilines is 3. The lowest BCUT2D eigenvalue weighted by Crippen LogP contribution is -2.26. The average molecular weight is 207 g/mol. The van der Waals surface area contributed by atoms with Crippen molar-refractivity contribution in [3.05, 3.63) is 38.8 Å². The Bertz CT molecular complexity index is 506. The maximum Gasteiger partial charge on any atom is 0.225 e. The normalized spacial score (nSPS) is 9.33. The number of hydrogen-bond donors (Lipinski definition) is 3. The first-order valence-corrected chi connectivity index (χ1v) is 3.90. The molecule has 2 rings (SSSR count). The van der Waals surface area contributed by atoms with Crippen molar-refractivity contribution >= 4 is 17.5 Å². The molecule has 15 heavy (non-hydrogen) atoms. The van der Waals surface area contributed by atoms with Crippen molar-refractivity contribution in [2.24, 2.45) is 0 Å². The predicted octanol–water partition coefficient (Wildman–Crippen LogP) is -1.49. The molecule has 0 saturated carbocycles. The minimum Gasteiger partial charge on any atom is -0.394 e. The molecular formula is C8H9N5O2. The van der Waals surface area contributed by atoms with E-state index in [1.165, 1.54) is 18.3 Å². The third-order valence-corrected chi connectivity index (χ3v) is 1.50. The minimum absolute atomic E-state index is 0.140. The number of nitrogens with two attached hydrogens (primary N) is 3. The molecule has 0 saturated heterocycles. The second kappa shape index (κ2) is 4.18. The summed E-state index contributed by atoms with van der Waals surface area (Å²) in [4.78, 5) is 26.8. The lowest BCUT2D eigenvalue weighted by atomic mass is 10.3. The third-order valence-electron chi connectivity index (χ3n) is 1.50. The fraction of sp³-hybridized carbons (Fsp3) is 0. The van der Waals surface area contributed by atoms with Crippen LogP contribution in [0.25, 0.3) is 0 Å². The summed E-state index contributed by atoms with van der Waals surface area (Å²) in [5.41, 5.74) is 15.3. The Labute approximate surface area is 84.3 Å². The van der Waals surface area contributed by atoms with Crippen molar-refractivity contribution < 1.29 is 0 Å². The van der Waals surface area contributed by atoms with Crippen LogP contribution in [0.5, 0.6) is 0 Å². The van der Waals surface area contributed by atoms with E-state index in [1.807, 2.05) is 0 Å². The van der Waals surface area contributed by atoms with E-state index in [2.05, 4.69) is 9.97 Å². The van der Waals surface area contributed by atoms with Gasteiger partial charge in [0.2, 0.25) is 16.8 Å². The Hall–Kier alpha value is -2.44. The molecule has 1 aromatic carbocycles. The van der Waals surface area contributed by atoms with Gasteiger partial charge in [0, 0.05) is 0 Å². The average Bonchev–Trinajstić information content (AvgIpc) is 2.22. The third kappa shape index (κ3) is 2.76. The zero-order valence-electron chi connectivity index (χ0n) is 7.68. The zero-order valence-corrected chi connectivity index (χ0v) is 7.68. The largest absolute Gasteiger partial charge is 0.394 e. The van der Waals surface area contributed by atoms with Crippen LogP contribution >= 0.6 is 0 Å². The highest BCUT2D eigenvalue weighted by atomic mass is 16.2. The van der Waals surface area contributed by atoms with E-state index in [0.29, 0.717) is 5.69 Å². The summed E-state index contributed by atoms with van der Waals surface area (Å²) in [5.74, 6) is 0.365. The van der Waals surface area contributed by atoms with Crippen molar-refractivity contribution in [2.75, 3.05) is 17.2 Å². The first-order chi connectivity index (χ1) is 7.00. The SMILES string of the molecule is Nc1ncc(N)c(N)n1.O=c1ccc1=O. The van der Waals surface area contributed by atoms with Gasteiger partial charge in [0.1, 0.15) is 0 Å². The Morgan fingerprint density at radius 1 is 1.00 bits per heavy atom. The first-order valence-electron chi connectivity index (χ1n) is 3.90. The van der Waals surface area contributed by atoms with Gasteiger partial charge in [-0.1, -0.05) is 0 Å². The molecule has 0 atom stereocenters. The second-order valence-corrected chi connectivity index (χ2v) is 2.63. The smallest absolute Gasteiger partial charge is 0.225 e. The van der Waals surface area contributed by atoms with E-state index >= 15 is 0 Å². The molecule has 0 amide bonds. The number of nitrogen functional groups attached to an aromatic ring is 3. The summed E-state index contributed by atoms with van der Waals surface area (Å²) >= 11 is 0. The lowest BCUT2D eigenvalue weighted by Gasteiger charge is -1.96. The van der Waals surface area contributed by atoms with Crippen molar-refractivity contribution in [3.8, 4) is 0 Å². The van der Waals surface area contributed by atoms with Gasteiger partial charge in [-0.15, -0.1) is 0 Å². The van der Waals surface area contributed by atoms with Crippen LogP contribution in [-0.4, -0.2) is 9.97 Å². The molecule has 0 aliphatic heterocycles. The van der Waals surface area contributed by atoms with Crippen LogP contribution in [0.2, 0.25) is 0 Å². The van der Waals surface area contributed by atoms with E-state index in [-0.39, 0.29) is 22.6 Å². The second-order valence-electron chi connectivity index (χ2n) is 2.63. The van der Waals surface area contributed by atoms with Crippen LogP contribution in [0.15, 0.2) is 27.9 Å². The lowest BCUT2D eigenvalue weighted by molar-refractivity contribution is 1.20. The summed E-state index contributed by atoms with van der Waals surface area (Å²) in [7, 11) is 0. The van der Waals surface area contributed by atoms with Gasteiger partial charge in [-0.2, -0.15) is 4.98 Å². The summed E-state index contributed by atoms with van der Waals surface area (Å²) in [6.45, 7) is 0. The fourth-order valence-corrected chi connectivity index (χ4v) is 0.638. The molecule has 2 aromatic rings. The van der Waals surface area contributed by atoms with Crippen LogP contribution in [0, 0.1) is 0 Å². The highest BCUT2D eigenvalue weighted by molar-refractivity contribution is 5.57. The first kappa shape index (κ1) is 10.6. The maximum atomic E-state index is 9.79. The minimum atomic E-state index is -0.380. The molecule has 0 aliphatic carbocycles. The summed E-state index contributed by atoms with van der Waals surface area (Å²) in [6, 6.07) is 2.50. The Morgan fingerprint density at radius 3 is 1.80 bits per heavy atom.